The van der Waals surface area contributed by atoms with Crippen LogP contribution in [-0.4, -0.2) is 40.0 Å². The van der Waals surface area contributed by atoms with Gasteiger partial charge in [-0.3, -0.25) is 4.79 Å². The molecule has 5 nitrogen and oxygen atoms in total. The zero-order valence-electron chi connectivity index (χ0n) is 11.8. The molecular formula is C15H20O5. The molecule has 1 fully saturated rings. The molecule has 5 heteroatoms. The third kappa shape index (κ3) is 3.63. The molecule has 0 amide bonds. The highest BCUT2D eigenvalue weighted by Crippen LogP contribution is 2.25. The van der Waals surface area contributed by atoms with Crippen LogP contribution in [0.15, 0.2) is 24.3 Å². The van der Waals surface area contributed by atoms with Crippen LogP contribution in [-0.2, 0) is 14.3 Å². The van der Waals surface area contributed by atoms with Crippen molar-refractivity contribution >= 4 is 5.97 Å². The lowest BCUT2D eigenvalue weighted by Crippen LogP contribution is -2.31. The summed E-state index contributed by atoms with van der Waals surface area (Å²) in [4.78, 5) is 11.8. The zero-order valence-corrected chi connectivity index (χ0v) is 11.8. The third-order valence-corrected chi connectivity index (χ3v) is 3.53. The van der Waals surface area contributed by atoms with E-state index >= 15 is 0 Å². The monoisotopic (exact) mass is 280 g/mol. The molecule has 1 aromatic rings. The van der Waals surface area contributed by atoms with E-state index < -0.39 is 0 Å². The first-order chi connectivity index (χ1) is 9.74. The van der Waals surface area contributed by atoms with Gasteiger partial charge in [0, 0.05) is 12.5 Å². The van der Waals surface area contributed by atoms with Gasteiger partial charge in [-0.05, 0) is 30.7 Å². The van der Waals surface area contributed by atoms with Crippen LogP contribution >= 0.6 is 0 Å². The van der Waals surface area contributed by atoms with E-state index in [1.165, 1.54) is 7.11 Å². The SMILES string of the molecule is COC(=O)C(COc1ccc(OC)cc1)C1CCOC1. The van der Waals surface area contributed by atoms with Crippen molar-refractivity contribution in [2.45, 2.75) is 6.42 Å². The minimum Gasteiger partial charge on any atom is -0.497 e. The maximum Gasteiger partial charge on any atom is 0.312 e. The summed E-state index contributed by atoms with van der Waals surface area (Å²) < 4.78 is 21.0. The van der Waals surface area contributed by atoms with Crippen LogP contribution in [0, 0.1) is 11.8 Å². The van der Waals surface area contributed by atoms with E-state index in [9.17, 15) is 4.79 Å². The molecule has 0 aliphatic carbocycles. The molecule has 0 aromatic heterocycles. The predicted molar refractivity (Wildman–Crippen MR) is 72.9 cm³/mol. The Morgan fingerprint density at radius 3 is 2.55 bits per heavy atom. The van der Waals surface area contributed by atoms with Gasteiger partial charge in [-0.1, -0.05) is 0 Å². The first-order valence-electron chi connectivity index (χ1n) is 6.67. The largest absolute Gasteiger partial charge is 0.497 e. The summed E-state index contributed by atoms with van der Waals surface area (Å²) in [6.45, 7) is 1.58. The van der Waals surface area contributed by atoms with Gasteiger partial charge in [0.2, 0.25) is 0 Å². The Hall–Kier alpha value is -1.75. The maximum absolute atomic E-state index is 11.8. The topological polar surface area (TPSA) is 54.0 Å². The standard InChI is InChI=1S/C15H20O5/c1-17-12-3-5-13(6-4-12)20-10-14(15(16)18-2)11-7-8-19-9-11/h3-6,11,14H,7-10H2,1-2H3. The van der Waals surface area contributed by atoms with Crippen LogP contribution in [0.2, 0.25) is 0 Å². The second kappa shape index (κ2) is 7.14. The van der Waals surface area contributed by atoms with Crippen molar-refractivity contribution < 1.29 is 23.7 Å². The van der Waals surface area contributed by atoms with E-state index in [-0.39, 0.29) is 17.8 Å². The van der Waals surface area contributed by atoms with Gasteiger partial charge in [-0.25, -0.2) is 0 Å². The summed E-state index contributed by atoms with van der Waals surface area (Å²) >= 11 is 0. The van der Waals surface area contributed by atoms with Crippen molar-refractivity contribution in [1.82, 2.24) is 0 Å². The van der Waals surface area contributed by atoms with Crippen molar-refractivity contribution in [2.24, 2.45) is 11.8 Å². The molecule has 110 valence electrons. The molecule has 1 aromatic carbocycles. The molecule has 0 spiro atoms. The van der Waals surface area contributed by atoms with E-state index in [4.69, 9.17) is 18.9 Å². The van der Waals surface area contributed by atoms with E-state index in [0.717, 1.165) is 12.2 Å². The molecule has 2 atom stereocenters. The fraction of sp³-hybridized carbons (Fsp3) is 0.533. The van der Waals surface area contributed by atoms with Crippen LogP contribution in [0.25, 0.3) is 0 Å². The van der Waals surface area contributed by atoms with Gasteiger partial charge >= 0.3 is 5.97 Å². The summed E-state index contributed by atoms with van der Waals surface area (Å²) in [5.74, 6) is 1.11. The Labute approximate surface area is 118 Å². The summed E-state index contributed by atoms with van der Waals surface area (Å²) in [7, 11) is 3.02. The first kappa shape index (κ1) is 14.7. The lowest BCUT2D eigenvalue weighted by Gasteiger charge is -2.20. The molecule has 1 saturated heterocycles. The van der Waals surface area contributed by atoms with E-state index in [0.29, 0.717) is 25.6 Å². The number of carbonyl (C=O) groups is 1. The summed E-state index contributed by atoms with van der Waals surface area (Å²) in [6, 6.07) is 7.28. The Bertz CT molecular complexity index is 422. The quantitative estimate of drug-likeness (QED) is 0.745. The number of methoxy groups -OCH3 is 2. The Balaban J connectivity index is 1.94. The van der Waals surface area contributed by atoms with Gasteiger partial charge in [-0.15, -0.1) is 0 Å². The Morgan fingerprint density at radius 2 is 2.00 bits per heavy atom. The third-order valence-electron chi connectivity index (χ3n) is 3.53. The number of hydrogen-bond acceptors (Lipinski definition) is 5. The number of benzene rings is 1. The van der Waals surface area contributed by atoms with Crippen molar-refractivity contribution in [3.05, 3.63) is 24.3 Å². The second-order valence-corrected chi connectivity index (χ2v) is 4.74. The van der Waals surface area contributed by atoms with Crippen molar-refractivity contribution in [3.8, 4) is 11.5 Å². The number of ether oxygens (including phenoxy) is 4. The molecule has 0 N–H and O–H groups in total. The van der Waals surface area contributed by atoms with Gasteiger partial charge in [0.15, 0.2) is 0 Å². The van der Waals surface area contributed by atoms with Crippen LogP contribution in [0.4, 0.5) is 0 Å². The molecule has 20 heavy (non-hydrogen) atoms. The Kier molecular flexibility index (Phi) is 5.24. The first-order valence-corrected chi connectivity index (χ1v) is 6.67. The fourth-order valence-electron chi connectivity index (χ4n) is 2.28. The molecule has 1 aliphatic rings. The summed E-state index contributed by atoms with van der Waals surface area (Å²) in [6.07, 6.45) is 0.867. The van der Waals surface area contributed by atoms with Gasteiger partial charge in [0.05, 0.1) is 26.7 Å². The highest BCUT2D eigenvalue weighted by atomic mass is 16.5. The molecule has 0 bridgehead atoms. The van der Waals surface area contributed by atoms with Gasteiger partial charge in [0.1, 0.15) is 18.1 Å². The summed E-state index contributed by atoms with van der Waals surface area (Å²) in [5, 5.41) is 0. The van der Waals surface area contributed by atoms with Crippen LogP contribution in [0.5, 0.6) is 11.5 Å². The van der Waals surface area contributed by atoms with Gasteiger partial charge in [0.25, 0.3) is 0 Å². The molecule has 2 unspecified atom stereocenters. The van der Waals surface area contributed by atoms with E-state index in [1.807, 2.05) is 24.3 Å². The zero-order chi connectivity index (χ0) is 14.4. The number of rotatable bonds is 6. The van der Waals surface area contributed by atoms with Crippen molar-refractivity contribution in [3.63, 3.8) is 0 Å². The fourth-order valence-corrected chi connectivity index (χ4v) is 2.28. The van der Waals surface area contributed by atoms with E-state index in [2.05, 4.69) is 0 Å². The molecular weight excluding hydrogens is 260 g/mol. The molecule has 0 radical (unpaired) electrons. The highest BCUT2D eigenvalue weighted by Gasteiger charge is 2.32. The van der Waals surface area contributed by atoms with Crippen LogP contribution in [0.1, 0.15) is 6.42 Å². The molecule has 1 aliphatic heterocycles. The average molecular weight is 280 g/mol. The molecule has 1 heterocycles. The Morgan fingerprint density at radius 1 is 1.30 bits per heavy atom. The lowest BCUT2D eigenvalue weighted by molar-refractivity contribution is -0.148. The second-order valence-electron chi connectivity index (χ2n) is 4.74. The van der Waals surface area contributed by atoms with Crippen LogP contribution in [0.3, 0.4) is 0 Å². The van der Waals surface area contributed by atoms with Crippen molar-refractivity contribution in [1.29, 1.82) is 0 Å². The number of hydrogen-bond donors (Lipinski definition) is 0. The van der Waals surface area contributed by atoms with Crippen LogP contribution < -0.4 is 9.47 Å². The minimum absolute atomic E-state index is 0.167. The smallest absolute Gasteiger partial charge is 0.312 e. The highest BCUT2D eigenvalue weighted by molar-refractivity contribution is 5.72. The number of carbonyl (C=O) groups excluding carboxylic acids is 1. The van der Waals surface area contributed by atoms with Crippen molar-refractivity contribution in [2.75, 3.05) is 34.0 Å². The lowest BCUT2D eigenvalue weighted by atomic mass is 9.92. The average Bonchev–Trinajstić information content (AvgIpc) is 3.02. The molecule has 0 saturated carbocycles. The minimum atomic E-state index is -0.287. The predicted octanol–water partition coefficient (Wildman–Crippen LogP) is 1.90. The maximum atomic E-state index is 11.8. The summed E-state index contributed by atoms with van der Waals surface area (Å²) in [5.41, 5.74) is 0. The van der Waals surface area contributed by atoms with Gasteiger partial charge in [-0.2, -0.15) is 0 Å². The van der Waals surface area contributed by atoms with E-state index in [1.54, 1.807) is 7.11 Å². The number of esters is 1. The normalized spacial score (nSPS) is 19.4. The molecule has 2 rings (SSSR count). The van der Waals surface area contributed by atoms with Gasteiger partial charge < -0.3 is 18.9 Å².